The van der Waals surface area contributed by atoms with Gasteiger partial charge in [-0.2, -0.15) is 0 Å². The molecule has 3 nitrogen and oxygen atoms in total. The lowest BCUT2D eigenvalue weighted by Crippen LogP contribution is -2.23. The Balaban J connectivity index is 1.69. The molecule has 0 atom stereocenters. The maximum absolute atomic E-state index is 11.6. The number of carbonyl (C=O) groups excluding carboxylic acids is 1. The number of carbonyl (C=O) groups is 1. The van der Waals surface area contributed by atoms with Gasteiger partial charge in [0.1, 0.15) is 11.5 Å². The van der Waals surface area contributed by atoms with Crippen LogP contribution >= 0.6 is 11.3 Å². The average molecular weight is 275 g/mol. The van der Waals surface area contributed by atoms with Crippen molar-refractivity contribution in [2.75, 3.05) is 20.2 Å². The van der Waals surface area contributed by atoms with E-state index in [1.165, 1.54) is 16.9 Å². The van der Waals surface area contributed by atoms with Gasteiger partial charge in [-0.25, -0.2) is 4.79 Å². The van der Waals surface area contributed by atoms with E-state index in [9.17, 15) is 4.79 Å². The molecule has 0 unspecified atom stereocenters. The zero-order valence-electron chi connectivity index (χ0n) is 10.9. The molecule has 0 bridgehead atoms. The van der Waals surface area contributed by atoms with E-state index in [2.05, 4.69) is 17.0 Å². The van der Waals surface area contributed by atoms with Crippen LogP contribution in [0.4, 0.5) is 0 Å². The standard InChI is InChI=1S/C15H17NO2S/c1-16(12-13-6-3-2-4-7-13)9-10-18-15(17)14-8-5-11-19-14/h2-8,11H,9-10,12H2,1H3. The molecule has 0 aliphatic rings. The van der Waals surface area contributed by atoms with Crippen molar-refractivity contribution in [1.29, 1.82) is 0 Å². The molecule has 0 saturated heterocycles. The van der Waals surface area contributed by atoms with Crippen LogP contribution < -0.4 is 0 Å². The Bertz CT molecular complexity index is 496. The monoisotopic (exact) mass is 275 g/mol. The van der Waals surface area contributed by atoms with Crippen molar-refractivity contribution in [2.45, 2.75) is 6.54 Å². The van der Waals surface area contributed by atoms with Gasteiger partial charge in [-0.15, -0.1) is 11.3 Å². The number of nitrogens with zero attached hydrogens (tertiary/aromatic N) is 1. The van der Waals surface area contributed by atoms with E-state index in [0.717, 1.165) is 13.1 Å². The van der Waals surface area contributed by atoms with Gasteiger partial charge in [-0.3, -0.25) is 4.90 Å². The Hall–Kier alpha value is -1.65. The molecule has 4 heteroatoms. The second kappa shape index (κ2) is 7.07. The van der Waals surface area contributed by atoms with Crippen LogP contribution in [-0.4, -0.2) is 31.1 Å². The summed E-state index contributed by atoms with van der Waals surface area (Å²) in [6, 6.07) is 13.9. The Morgan fingerprint density at radius 1 is 1.21 bits per heavy atom. The summed E-state index contributed by atoms with van der Waals surface area (Å²) < 4.78 is 5.22. The van der Waals surface area contributed by atoms with Gasteiger partial charge in [0, 0.05) is 13.1 Å². The van der Waals surface area contributed by atoms with Crippen molar-refractivity contribution in [3.05, 3.63) is 58.3 Å². The third-order valence-electron chi connectivity index (χ3n) is 2.72. The third kappa shape index (κ3) is 4.50. The highest BCUT2D eigenvalue weighted by Crippen LogP contribution is 2.09. The second-order valence-electron chi connectivity index (χ2n) is 4.34. The van der Waals surface area contributed by atoms with E-state index in [1.54, 1.807) is 6.07 Å². The lowest BCUT2D eigenvalue weighted by molar-refractivity contribution is 0.0476. The number of likely N-dealkylation sites (N-methyl/N-ethyl adjacent to an activating group) is 1. The summed E-state index contributed by atoms with van der Waals surface area (Å²) in [5, 5.41) is 1.87. The summed E-state index contributed by atoms with van der Waals surface area (Å²) in [6.07, 6.45) is 0. The fourth-order valence-electron chi connectivity index (χ4n) is 1.73. The maximum Gasteiger partial charge on any atom is 0.348 e. The molecule has 0 spiro atoms. The highest BCUT2D eigenvalue weighted by atomic mass is 32.1. The number of thiophene rings is 1. The minimum absolute atomic E-state index is 0.233. The molecule has 1 aromatic heterocycles. The van der Waals surface area contributed by atoms with Crippen LogP contribution in [-0.2, 0) is 11.3 Å². The van der Waals surface area contributed by atoms with Crippen LogP contribution in [0.2, 0.25) is 0 Å². The summed E-state index contributed by atoms with van der Waals surface area (Å²) in [5.74, 6) is -0.233. The van der Waals surface area contributed by atoms with Gasteiger partial charge in [-0.05, 0) is 24.1 Å². The molecule has 0 saturated carbocycles. The Morgan fingerprint density at radius 2 is 2.00 bits per heavy atom. The van der Waals surface area contributed by atoms with E-state index < -0.39 is 0 Å². The van der Waals surface area contributed by atoms with Gasteiger partial charge >= 0.3 is 5.97 Å². The van der Waals surface area contributed by atoms with Crippen LogP contribution in [0.25, 0.3) is 0 Å². The second-order valence-corrected chi connectivity index (χ2v) is 5.28. The summed E-state index contributed by atoms with van der Waals surface area (Å²) in [5.41, 5.74) is 1.26. The zero-order valence-corrected chi connectivity index (χ0v) is 11.7. The lowest BCUT2D eigenvalue weighted by Gasteiger charge is -2.16. The summed E-state index contributed by atoms with van der Waals surface area (Å²) in [4.78, 5) is 14.4. The highest BCUT2D eigenvalue weighted by molar-refractivity contribution is 7.11. The fraction of sp³-hybridized carbons (Fsp3) is 0.267. The Kier molecular flexibility index (Phi) is 5.12. The third-order valence-corrected chi connectivity index (χ3v) is 3.57. The first-order valence-electron chi connectivity index (χ1n) is 6.19. The number of hydrogen-bond acceptors (Lipinski definition) is 4. The molecule has 0 aliphatic carbocycles. The smallest absolute Gasteiger partial charge is 0.348 e. The van der Waals surface area contributed by atoms with Gasteiger partial charge in [-0.1, -0.05) is 36.4 Å². The van der Waals surface area contributed by atoms with Gasteiger partial charge in [0.05, 0.1) is 0 Å². The molecular weight excluding hydrogens is 258 g/mol. The van der Waals surface area contributed by atoms with Crippen LogP contribution in [0, 0.1) is 0 Å². The Labute approximate surface area is 117 Å². The highest BCUT2D eigenvalue weighted by Gasteiger charge is 2.08. The topological polar surface area (TPSA) is 29.5 Å². The van der Waals surface area contributed by atoms with Crippen LogP contribution in [0.15, 0.2) is 47.8 Å². The predicted octanol–water partition coefficient (Wildman–Crippen LogP) is 3.04. The van der Waals surface area contributed by atoms with E-state index >= 15 is 0 Å². The molecular formula is C15H17NO2S. The van der Waals surface area contributed by atoms with Gasteiger partial charge in [0.25, 0.3) is 0 Å². The fourth-order valence-corrected chi connectivity index (χ4v) is 2.35. The first-order valence-corrected chi connectivity index (χ1v) is 7.07. The molecule has 100 valence electrons. The molecule has 2 rings (SSSR count). The minimum Gasteiger partial charge on any atom is -0.460 e. The average Bonchev–Trinajstić information content (AvgIpc) is 2.93. The maximum atomic E-state index is 11.6. The van der Waals surface area contributed by atoms with E-state index in [1.807, 2.05) is 36.7 Å². The lowest BCUT2D eigenvalue weighted by atomic mass is 10.2. The molecule has 0 radical (unpaired) electrons. The molecule has 2 aromatic rings. The van der Waals surface area contributed by atoms with Gasteiger partial charge < -0.3 is 4.74 Å². The van der Waals surface area contributed by atoms with E-state index in [-0.39, 0.29) is 5.97 Å². The van der Waals surface area contributed by atoms with Crippen molar-refractivity contribution < 1.29 is 9.53 Å². The SMILES string of the molecule is CN(CCOC(=O)c1cccs1)Cc1ccccc1. The van der Waals surface area contributed by atoms with Gasteiger partial charge in [0.15, 0.2) is 0 Å². The predicted molar refractivity (Wildman–Crippen MR) is 77.4 cm³/mol. The van der Waals surface area contributed by atoms with Crippen molar-refractivity contribution in [2.24, 2.45) is 0 Å². The molecule has 19 heavy (non-hydrogen) atoms. The quantitative estimate of drug-likeness (QED) is 0.759. The molecule has 0 fully saturated rings. The van der Waals surface area contributed by atoms with Crippen molar-refractivity contribution in [3.8, 4) is 0 Å². The zero-order chi connectivity index (χ0) is 13.5. The summed E-state index contributed by atoms with van der Waals surface area (Å²) in [6.45, 7) is 2.00. The van der Waals surface area contributed by atoms with Gasteiger partial charge in [0.2, 0.25) is 0 Å². The number of hydrogen-bond donors (Lipinski definition) is 0. The van der Waals surface area contributed by atoms with Crippen LogP contribution in [0.5, 0.6) is 0 Å². The number of ether oxygens (including phenoxy) is 1. The molecule has 0 amide bonds. The van der Waals surface area contributed by atoms with Crippen molar-refractivity contribution in [1.82, 2.24) is 4.90 Å². The van der Waals surface area contributed by atoms with Crippen LogP contribution in [0.3, 0.4) is 0 Å². The van der Waals surface area contributed by atoms with Crippen LogP contribution in [0.1, 0.15) is 15.2 Å². The summed E-state index contributed by atoms with van der Waals surface area (Å²) >= 11 is 1.40. The minimum atomic E-state index is -0.233. The molecule has 1 aromatic carbocycles. The number of esters is 1. The number of rotatable bonds is 6. The van der Waals surface area contributed by atoms with E-state index in [0.29, 0.717) is 11.5 Å². The normalized spacial score (nSPS) is 10.6. The first kappa shape index (κ1) is 13.8. The summed E-state index contributed by atoms with van der Waals surface area (Å²) in [7, 11) is 2.02. The molecule has 0 N–H and O–H groups in total. The number of benzene rings is 1. The molecule has 0 aliphatic heterocycles. The molecule has 1 heterocycles. The largest absolute Gasteiger partial charge is 0.460 e. The first-order chi connectivity index (χ1) is 9.25. The van der Waals surface area contributed by atoms with Crippen molar-refractivity contribution in [3.63, 3.8) is 0 Å². The van der Waals surface area contributed by atoms with Crippen molar-refractivity contribution >= 4 is 17.3 Å². The Morgan fingerprint density at radius 3 is 2.68 bits per heavy atom. The van der Waals surface area contributed by atoms with E-state index in [4.69, 9.17) is 4.74 Å².